The first kappa shape index (κ1) is 12.8. The average Bonchev–Trinajstić information content (AvgIpc) is 2.71. The van der Waals surface area contributed by atoms with E-state index in [1.807, 2.05) is 6.07 Å². The van der Waals surface area contributed by atoms with Crippen molar-refractivity contribution in [2.75, 3.05) is 5.32 Å². The van der Waals surface area contributed by atoms with Gasteiger partial charge in [-0.1, -0.05) is 11.2 Å². The van der Waals surface area contributed by atoms with Crippen LogP contribution in [-0.4, -0.2) is 11.1 Å². The lowest BCUT2D eigenvalue weighted by Gasteiger charge is -2.05. The van der Waals surface area contributed by atoms with Gasteiger partial charge in [0.2, 0.25) is 5.91 Å². The van der Waals surface area contributed by atoms with Crippen molar-refractivity contribution in [3.63, 3.8) is 0 Å². The van der Waals surface area contributed by atoms with Gasteiger partial charge in [0.05, 0.1) is 23.7 Å². The molecule has 0 aliphatic heterocycles. The van der Waals surface area contributed by atoms with Crippen LogP contribution >= 0.6 is 0 Å². The lowest BCUT2D eigenvalue weighted by atomic mass is 10.1. The number of hydrogen-bond acceptors (Lipinski definition) is 4. The van der Waals surface area contributed by atoms with Crippen LogP contribution in [0.2, 0.25) is 0 Å². The fourth-order valence-electron chi connectivity index (χ4n) is 1.79. The molecule has 0 saturated heterocycles. The number of aromatic nitrogens is 1. The molecule has 19 heavy (non-hydrogen) atoms. The maximum Gasteiger partial charge on any atom is 0.229 e. The molecular weight excluding hydrogens is 242 g/mol. The smallest absolute Gasteiger partial charge is 0.229 e. The molecule has 96 valence electrons. The molecule has 0 aliphatic carbocycles. The van der Waals surface area contributed by atoms with Gasteiger partial charge in [0.15, 0.2) is 0 Å². The molecule has 5 nitrogen and oxygen atoms in total. The van der Waals surface area contributed by atoms with Gasteiger partial charge in [-0.15, -0.1) is 0 Å². The molecule has 2 aromatic rings. The minimum atomic E-state index is -0.163. The Morgan fingerprint density at radius 3 is 2.89 bits per heavy atom. The largest absolute Gasteiger partial charge is 0.361 e. The first-order valence-electron chi connectivity index (χ1n) is 5.82. The summed E-state index contributed by atoms with van der Waals surface area (Å²) < 4.78 is 5.01. The lowest BCUT2D eigenvalue weighted by molar-refractivity contribution is -0.115. The molecular formula is C14H13N3O2. The number of benzene rings is 1. The molecule has 0 bridgehead atoms. The Morgan fingerprint density at radius 2 is 2.26 bits per heavy atom. The third-order valence-electron chi connectivity index (χ3n) is 2.79. The van der Waals surface area contributed by atoms with Crippen LogP contribution in [0.15, 0.2) is 28.8 Å². The fraction of sp³-hybridized carbons (Fsp3) is 0.214. The van der Waals surface area contributed by atoms with E-state index >= 15 is 0 Å². The summed E-state index contributed by atoms with van der Waals surface area (Å²) in [7, 11) is 0. The van der Waals surface area contributed by atoms with Crippen molar-refractivity contribution in [1.29, 1.82) is 5.26 Å². The zero-order chi connectivity index (χ0) is 13.8. The molecule has 0 fully saturated rings. The van der Waals surface area contributed by atoms with Crippen LogP contribution < -0.4 is 5.32 Å². The lowest BCUT2D eigenvalue weighted by Crippen LogP contribution is -2.15. The Morgan fingerprint density at radius 1 is 1.47 bits per heavy atom. The zero-order valence-corrected chi connectivity index (χ0v) is 10.7. The van der Waals surface area contributed by atoms with E-state index in [0.717, 1.165) is 11.3 Å². The molecule has 1 aromatic carbocycles. The summed E-state index contributed by atoms with van der Waals surface area (Å²) in [5, 5.41) is 15.3. The predicted octanol–water partition coefficient (Wildman–Crippen LogP) is 2.34. The summed E-state index contributed by atoms with van der Waals surface area (Å²) in [5.74, 6) is 0.489. The molecule has 0 radical (unpaired) electrons. The van der Waals surface area contributed by atoms with Crippen molar-refractivity contribution in [2.45, 2.75) is 20.3 Å². The summed E-state index contributed by atoms with van der Waals surface area (Å²) >= 11 is 0. The van der Waals surface area contributed by atoms with Gasteiger partial charge in [0.1, 0.15) is 5.76 Å². The van der Waals surface area contributed by atoms with Gasteiger partial charge < -0.3 is 9.84 Å². The highest BCUT2D eigenvalue weighted by Gasteiger charge is 2.13. The second kappa shape index (κ2) is 5.36. The number of carbonyl (C=O) groups excluding carboxylic acids is 1. The number of rotatable bonds is 3. The van der Waals surface area contributed by atoms with Gasteiger partial charge in [0.25, 0.3) is 0 Å². The van der Waals surface area contributed by atoms with E-state index in [9.17, 15) is 4.79 Å². The van der Waals surface area contributed by atoms with E-state index in [4.69, 9.17) is 9.78 Å². The van der Waals surface area contributed by atoms with E-state index < -0.39 is 0 Å². The highest BCUT2D eigenvalue weighted by atomic mass is 16.5. The summed E-state index contributed by atoms with van der Waals surface area (Å²) in [6.07, 6.45) is 0.206. The number of amides is 1. The van der Waals surface area contributed by atoms with Crippen LogP contribution in [0.5, 0.6) is 0 Å². The number of anilines is 1. The SMILES string of the molecule is Cc1noc(C)c1CC(=O)Nc1cccc(C#N)c1. The molecule has 0 atom stereocenters. The van der Waals surface area contributed by atoms with E-state index in [1.54, 1.807) is 38.1 Å². The average molecular weight is 255 g/mol. The summed E-state index contributed by atoms with van der Waals surface area (Å²) in [5.41, 5.74) is 2.64. The van der Waals surface area contributed by atoms with Crippen LogP contribution in [0.4, 0.5) is 5.69 Å². The van der Waals surface area contributed by atoms with Crippen LogP contribution in [-0.2, 0) is 11.2 Å². The summed E-state index contributed by atoms with van der Waals surface area (Å²) in [6.45, 7) is 3.58. The highest BCUT2D eigenvalue weighted by molar-refractivity contribution is 5.92. The van der Waals surface area contributed by atoms with Crippen LogP contribution in [0.1, 0.15) is 22.6 Å². The van der Waals surface area contributed by atoms with Crippen molar-refractivity contribution >= 4 is 11.6 Å². The standard InChI is InChI=1S/C14H13N3O2/c1-9-13(10(2)19-17-9)7-14(18)16-12-5-3-4-11(6-12)8-15/h3-6H,7H2,1-2H3,(H,16,18). The van der Waals surface area contributed by atoms with Gasteiger partial charge in [-0.05, 0) is 32.0 Å². The van der Waals surface area contributed by atoms with Gasteiger partial charge in [-0.25, -0.2) is 0 Å². The van der Waals surface area contributed by atoms with Crippen molar-refractivity contribution < 1.29 is 9.32 Å². The second-order valence-corrected chi connectivity index (χ2v) is 4.22. The molecule has 1 N–H and O–H groups in total. The molecule has 1 aromatic heterocycles. The first-order chi connectivity index (χ1) is 9.10. The Hall–Kier alpha value is -2.61. The number of aryl methyl sites for hydroxylation is 2. The van der Waals surface area contributed by atoms with Crippen LogP contribution in [0, 0.1) is 25.2 Å². The number of nitrogens with zero attached hydrogens (tertiary/aromatic N) is 2. The van der Waals surface area contributed by atoms with E-state index in [2.05, 4.69) is 10.5 Å². The molecule has 1 amide bonds. The molecule has 0 spiro atoms. The maximum absolute atomic E-state index is 11.9. The topological polar surface area (TPSA) is 78.9 Å². The van der Waals surface area contributed by atoms with Gasteiger partial charge in [-0.3, -0.25) is 4.79 Å². The molecule has 0 aliphatic rings. The van der Waals surface area contributed by atoms with Crippen molar-refractivity contribution in [1.82, 2.24) is 5.16 Å². The predicted molar refractivity (Wildman–Crippen MR) is 69.5 cm³/mol. The van der Waals surface area contributed by atoms with Crippen molar-refractivity contribution in [3.05, 3.63) is 46.8 Å². The Labute approximate surface area is 110 Å². The minimum absolute atomic E-state index is 0.163. The third kappa shape index (κ3) is 2.99. The monoisotopic (exact) mass is 255 g/mol. The van der Waals surface area contributed by atoms with E-state index in [1.165, 1.54) is 0 Å². The zero-order valence-electron chi connectivity index (χ0n) is 10.7. The number of nitrogens with one attached hydrogen (secondary N) is 1. The molecule has 1 heterocycles. The van der Waals surface area contributed by atoms with Crippen molar-refractivity contribution in [2.24, 2.45) is 0 Å². The normalized spacial score (nSPS) is 9.95. The number of nitriles is 1. The van der Waals surface area contributed by atoms with Gasteiger partial charge >= 0.3 is 0 Å². The van der Waals surface area contributed by atoms with Crippen LogP contribution in [0.25, 0.3) is 0 Å². The first-order valence-corrected chi connectivity index (χ1v) is 5.82. The number of hydrogen-bond donors (Lipinski definition) is 1. The molecule has 0 saturated carbocycles. The maximum atomic E-state index is 11.9. The number of carbonyl (C=O) groups is 1. The van der Waals surface area contributed by atoms with Crippen molar-refractivity contribution in [3.8, 4) is 6.07 Å². The summed E-state index contributed by atoms with van der Waals surface area (Å²) in [6, 6.07) is 8.81. The highest BCUT2D eigenvalue weighted by Crippen LogP contribution is 2.15. The summed E-state index contributed by atoms with van der Waals surface area (Å²) in [4.78, 5) is 11.9. The van der Waals surface area contributed by atoms with E-state index in [0.29, 0.717) is 17.0 Å². The second-order valence-electron chi connectivity index (χ2n) is 4.22. The quantitative estimate of drug-likeness (QED) is 0.913. The van der Waals surface area contributed by atoms with Gasteiger partial charge in [0, 0.05) is 11.3 Å². The molecule has 5 heteroatoms. The Kier molecular flexibility index (Phi) is 3.62. The molecule has 2 rings (SSSR count). The minimum Gasteiger partial charge on any atom is -0.361 e. The Bertz CT molecular complexity index is 633. The van der Waals surface area contributed by atoms with Gasteiger partial charge in [-0.2, -0.15) is 5.26 Å². The molecule has 0 unspecified atom stereocenters. The third-order valence-corrected chi connectivity index (χ3v) is 2.79. The van der Waals surface area contributed by atoms with E-state index in [-0.39, 0.29) is 12.3 Å². The fourth-order valence-corrected chi connectivity index (χ4v) is 1.79. The Balaban J connectivity index is 2.08. The van der Waals surface area contributed by atoms with Crippen LogP contribution in [0.3, 0.4) is 0 Å².